The maximum absolute atomic E-state index is 11.3. The Bertz CT molecular complexity index is 678. The molecule has 0 saturated heterocycles. The zero-order chi connectivity index (χ0) is 14.3. The first-order valence-corrected chi connectivity index (χ1v) is 6.39. The van der Waals surface area contributed by atoms with Gasteiger partial charge in [-0.1, -0.05) is 12.1 Å². The molecule has 0 bridgehead atoms. The van der Waals surface area contributed by atoms with Gasteiger partial charge < -0.3 is 19.9 Å². The van der Waals surface area contributed by atoms with Gasteiger partial charge in [-0.3, -0.25) is 0 Å². The zero-order valence-electron chi connectivity index (χ0n) is 10.7. The molecule has 2 aromatic rings. The average molecular weight is 274 g/mol. The molecule has 0 fully saturated rings. The molecule has 6 heteroatoms. The number of phenolic OH excluding ortho intramolecular Hbond substituents is 1. The summed E-state index contributed by atoms with van der Waals surface area (Å²) in [6.07, 6.45) is 0.481. The molecule has 1 atom stereocenters. The highest BCUT2D eigenvalue weighted by Crippen LogP contribution is 2.33. The van der Waals surface area contributed by atoms with Crippen molar-refractivity contribution in [3.63, 3.8) is 0 Å². The summed E-state index contributed by atoms with van der Waals surface area (Å²) in [6, 6.07) is 6.49. The van der Waals surface area contributed by atoms with Gasteiger partial charge >= 0.3 is 5.97 Å². The van der Waals surface area contributed by atoms with Crippen LogP contribution in [0.1, 0.15) is 35.1 Å². The molecule has 1 aromatic carbocycles. The predicted molar refractivity (Wildman–Crippen MR) is 70.5 cm³/mol. The van der Waals surface area contributed by atoms with Gasteiger partial charge in [0.15, 0.2) is 5.69 Å². The Labute approximate surface area is 114 Å². The lowest BCUT2D eigenvalue weighted by Gasteiger charge is -2.21. The first-order chi connectivity index (χ1) is 9.58. The SMILES string of the molecule is O=C(O)c1nc(-c2cccc(O)c2)n2c1C(O)CCC2. The molecule has 1 aliphatic rings. The first kappa shape index (κ1) is 12.7. The van der Waals surface area contributed by atoms with E-state index < -0.39 is 12.1 Å². The summed E-state index contributed by atoms with van der Waals surface area (Å²) in [5, 5.41) is 28.8. The van der Waals surface area contributed by atoms with Crippen LogP contribution in [-0.2, 0) is 6.54 Å². The van der Waals surface area contributed by atoms with E-state index in [2.05, 4.69) is 4.98 Å². The fourth-order valence-corrected chi connectivity index (χ4v) is 2.63. The van der Waals surface area contributed by atoms with Crippen LogP contribution in [0, 0.1) is 0 Å². The fourth-order valence-electron chi connectivity index (χ4n) is 2.63. The van der Waals surface area contributed by atoms with Crippen molar-refractivity contribution in [3.05, 3.63) is 35.7 Å². The highest BCUT2D eigenvalue weighted by molar-refractivity contribution is 5.88. The summed E-state index contributed by atoms with van der Waals surface area (Å²) < 4.78 is 1.73. The fraction of sp³-hybridized carbons (Fsp3) is 0.286. The van der Waals surface area contributed by atoms with E-state index in [-0.39, 0.29) is 11.4 Å². The van der Waals surface area contributed by atoms with Crippen LogP contribution in [0.25, 0.3) is 11.4 Å². The Kier molecular flexibility index (Phi) is 2.94. The van der Waals surface area contributed by atoms with Crippen molar-refractivity contribution in [2.75, 3.05) is 0 Å². The number of aromatic carboxylic acids is 1. The van der Waals surface area contributed by atoms with Gasteiger partial charge in [-0.25, -0.2) is 9.78 Å². The minimum atomic E-state index is -1.15. The van der Waals surface area contributed by atoms with Gasteiger partial charge in [-0.05, 0) is 25.0 Å². The maximum atomic E-state index is 11.3. The molecular weight excluding hydrogens is 260 g/mol. The van der Waals surface area contributed by atoms with Gasteiger partial charge in [0, 0.05) is 12.1 Å². The van der Waals surface area contributed by atoms with Crippen LogP contribution in [-0.4, -0.2) is 30.8 Å². The molecular formula is C14H14N2O4. The van der Waals surface area contributed by atoms with Crippen molar-refractivity contribution in [3.8, 4) is 17.1 Å². The van der Waals surface area contributed by atoms with Crippen LogP contribution in [0.5, 0.6) is 5.75 Å². The molecule has 3 rings (SSSR count). The van der Waals surface area contributed by atoms with Crippen LogP contribution in [0.2, 0.25) is 0 Å². The van der Waals surface area contributed by atoms with Crippen molar-refractivity contribution in [1.29, 1.82) is 0 Å². The number of imidazole rings is 1. The predicted octanol–water partition coefficient (Wildman–Crippen LogP) is 1.78. The molecule has 0 amide bonds. The van der Waals surface area contributed by atoms with E-state index in [1.807, 2.05) is 0 Å². The number of hydrogen-bond donors (Lipinski definition) is 3. The van der Waals surface area contributed by atoms with Gasteiger partial charge in [-0.15, -0.1) is 0 Å². The highest BCUT2D eigenvalue weighted by atomic mass is 16.4. The summed E-state index contributed by atoms with van der Waals surface area (Å²) in [5.41, 5.74) is 0.866. The number of carboxylic acid groups (broad SMARTS) is 1. The van der Waals surface area contributed by atoms with Gasteiger partial charge in [-0.2, -0.15) is 0 Å². The third kappa shape index (κ3) is 1.94. The first-order valence-electron chi connectivity index (χ1n) is 6.39. The number of fused-ring (bicyclic) bond motifs is 1. The summed E-state index contributed by atoms with van der Waals surface area (Å²) in [4.78, 5) is 15.4. The molecule has 6 nitrogen and oxygen atoms in total. The van der Waals surface area contributed by atoms with Crippen LogP contribution in [0.3, 0.4) is 0 Å². The van der Waals surface area contributed by atoms with Gasteiger partial charge in [0.05, 0.1) is 11.8 Å². The van der Waals surface area contributed by atoms with Crippen molar-refractivity contribution in [2.45, 2.75) is 25.5 Å². The highest BCUT2D eigenvalue weighted by Gasteiger charge is 2.30. The quantitative estimate of drug-likeness (QED) is 0.775. The lowest BCUT2D eigenvalue weighted by Crippen LogP contribution is -2.18. The second-order valence-corrected chi connectivity index (χ2v) is 4.83. The van der Waals surface area contributed by atoms with E-state index in [4.69, 9.17) is 0 Å². The molecule has 1 aliphatic heterocycles. The minimum Gasteiger partial charge on any atom is -0.508 e. The standard InChI is InChI=1S/C14H14N2O4/c17-9-4-1-3-8(7-9)13-15-11(14(19)20)12-10(18)5-2-6-16(12)13/h1,3-4,7,10,17-18H,2,5-6H2,(H,19,20). The number of phenols is 1. The van der Waals surface area contributed by atoms with Crippen LogP contribution in [0.15, 0.2) is 24.3 Å². The monoisotopic (exact) mass is 274 g/mol. The molecule has 0 radical (unpaired) electrons. The van der Waals surface area contributed by atoms with E-state index >= 15 is 0 Å². The van der Waals surface area contributed by atoms with E-state index in [1.165, 1.54) is 12.1 Å². The normalized spacial score (nSPS) is 17.8. The number of rotatable bonds is 2. The Morgan fingerprint density at radius 1 is 1.40 bits per heavy atom. The third-order valence-electron chi connectivity index (χ3n) is 3.49. The summed E-state index contributed by atoms with van der Waals surface area (Å²) in [5.74, 6) is -0.596. The molecule has 3 N–H and O–H groups in total. The molecule has 1 aromatic heterocycles. The summed E-state index contributed by atoms with van der Waals surface area (Å²) >= 11 is 0. The largest absolute Gasteiger partial charge is 0.508 e. The second-order valence-electron chi connectivity index (χ2n) is 4.83. The van der Waals surface area contributed by atoms with E-state index in [9.17, 15) is 20.1 Å². The Hall–Kier alpha value is -2.34. The molecule has 0 spiro atoms. The zero-order valence-corrected chi connectivity index (χ0v) is 10.7. The lowest BCUT2D eigenvalue weighted by atomic mass is 10.0. The molecule has 20 heavy (non-hydrogen) atoms. The molecule has 0 aliphatic carbocycles. The maximum Gasteiger partial charge on any atom is 0.356 e. The molecule has 0 saturated carbocycles. The Morgan fingerprint density at radius 3 is 2.90 bits per heavy atom. The van der Waals surface area contributed by atoms with Crippen molar-refractivity contribution in [2.24, 2.45) is 0 Å². The van der Waals surface area contributed by atoms with Gasteiger partial charge in [0.1, 0.15) is 11.6 Å². The van der Waals surface area contributed by atoms with E-state index in [1.54, 1.807) is 16.7 Å². The Morgan fingerprint density at radius 2 is 2.20 bits per heavy atom. The minimum absolute atomic E-state index is 0.0908. The third-order valence-corrected chi connectivity index (χ3v) is 3.49. The number of aliphatic hydroxyl groups is 1. The van der Waals surface area contributed by atoms with Crippen LogP contribution < -0.4 is 0 Å². The van der Waals surface area contributed by atoms with Crippen LogP contribution >= 0.6 is 0 Å². The summed E-state index contributed by atoms with van der Waals surface area (Å²) in [7, 11) is 0. The van der Waals surface area contributed by atoms with E-state index in [0.717, 1.165) is 6.42 Å². The van der Waals surface area contributed by atoms with Crippen LogP contribution in [0.4, 0.5) is 0 Å². The van der Waals surface area contributed by atoms with E-state index in [0.29, 0.717) is 30.0 Å². The lowest BCUT2D eigenvalue weighted by molar-refractivity contribution is 0.0677. The number of nitrogens with zero attached hydrogens (tertiary/aromatic N) is 2. The average Bonchev–Trinajstić information content (AvgIpc) is 2.80. The number of aliphatic hydroxyl groups excluding tert-OH is 1. The Balaban J connectivity index is 2.22. The van der Waals surface area contributed by atoms with Crippen molar-refractivity contribution in [1.82, 2.24) is 9.55 Å². The number of carboxylic acids is 1. The second kappa shape index (κ2) is 4.64. The number of aromatic nitrogens is 2. The molecule has 1 unspecified atom stereocenters. The van der Waals surface area contributed by atoms with Gasteiger partial charge in [0.2, 0.25) is 0 Å². The van der Waals surface area contributed by atoms with Crippen molar-refractivity contribution >= 4 is 5.97 Å². The topological polar surface area (TPSA) is 95.6 Å². The number of carbonyl (C=O) groups is 1. The number of hydrogen-bond acceptors (Lipinski definition) is 4. The van der Waals surface area contributed by atoms with Gasteiger partial charge in [0.25, 0.3) is 0 Å². The number of aromatic hydroxyl groups is 1. The smallest absolute Gasteiger partial charge is 0.356 e. The number of benzene rings is 1. The summed E-state index contributed by atoms with van der Waals surface area (Å²) in [6.45, 7) is 0.609. The molecule has 104 valence electrons. The van der Waals surface area contributed by atoms with Crippen molar-refractivity contribution < 1.29 is 20.1 Å². The molecule has 2 heterocycles.